The molecule has 24 heavy (non-hydrogen) atoms. The number of nitrogens with zero attached hydrogens (tertiary/aromatic N) is 1. The molecule has 0 spiro atoms. The summed E-state index contributed by atoms with van der Waals surface area (Å²) in [5.41, 5.74) is 3.56. The molecule has 116 valence electrons. The molecule has 3 aromatic carbocycles. The Hall–Kier alpha value is -3.33. The molecule has 1 heterocycles. The molecule has 3 nitrogen and oxygen atoms in total. The molecule has 4 rings (SSSR count). The van der Waals surface area contributed by atoms with Gasteiger partial charge in [0.25, 0.3) is 0 Å². The molecule has 4 aromatic rings. The molecule has 3 heteroatoms. The molecule has 0 aliphatic rings. The lowest BCUT2D eigenvalue weighted by Crippen LogP contribution is -2.20. The highest BCUT2D eigenvalue weighted by Gasteiger charge is 2.16. The fraction of sp³-hybridized carbons (Fsp3) is 0. The second-order valence-corrected chi connectivity index (χ2v) is 5.59. The molecule has 0 saturated heterocycles. The molecule has 0 atom stereocenters. The molecule has 0 aliphatic carbocycles. The normalized spacial score (nSPS) is 10.7. The standard InChI is InChI=1S/C21H16N2O/c24-21(22-18-12-5-2-6-13-18)23-19-14-8-7-11-17(19)15-20(23)16-9-3-1-4-10-16/h1-15H,(H,22,24). The fourth-order valence-corrected chi connectivity index (χ4v) is 2.90. The van der Waals surface area contributed by atoms with E-state index in [0.717, 1.165) is 27.8 Å². The van der Waals surface area contributed by atoms with Crippen molar-refractivity contribution in [1.82, 2.24) is 4.57 Å². The third kappa shape index (κ3) is 2.57. The van der Waals surface area contributed by atoms with E-state index in [1.54, 1.807) is 4.57 Å². The van der Waals surface area contributed by atoms with Crippen molar-refractivity contribution in [2.45, 2.75) is 0 Å². The van der Waals surface area contributed by atoms with Crippen LogP contribution in [0.2, 0.25) is 0 Å². The van der Waals surface area contributed by atoms with Gasteiger partial charge in [-0.05, 0) is 29.8 Å². The van der Waals surface area contributed by atoms with E-state index in [9.17, 15) is 4.79 Å². The van der Waals surface area contributed by atoms with E-state index >= 15 is 0 Å². The van der Waals surface area contributed by atoms with E-state index in [1.165, 1.54) is 0 Å². The fourth-order valence-electron chi connectivity index (χ4n) is 2.90. The number of para-hydroxylation sites is 2. The van der Waals surface area contributed by atoms with Gasteiger partial charge in [-0.15, -0.1) is 0 Å². The Bertz CT molecular complexity index is 988. The van der Waals surface area contributed by atoms with Gasteiger partial charge in [0, 0.05) is 11.1 Å². The van der Waals surface area contributed by atoms with Crippen LogP contribution in [0.25, 0.3) is 22.2 Å². The lowest BCUT2D eigenvalue weighted by Gasteiger charge is -2.11. The highest BCUT2D eigenvalue weighted by molar-refractivity contribution is 6.02. The van der Waals surface area contributed by atoms with E-state index in [2.05, 4.69) is 11.4 Å². The quantitative estimate of drug-likeness (QED) is 0.529. The number of anilines is 1. The summed E-state index contributed by atoms with van der Waals surface area (Å²) in [5.74, 6) is 0. The van der Waals surface area contributed by atoms with E-state index in [0.29, 0.717) is 0 Å². The zero-order valence-electron chi connectivity index (χ0n) is 13.0. The van der Waals surface area contributed by atoms with E-state index in [-0.39, 0.29) is 6.03 Å². The number of nitrogens with one attached hydrogen (secondary N) is 1. The molecule has 0 fully saturated rings. The van der Waals surface area contributed by atoms with Gasteiger partial charge in [0.05, 0.1) is 11.2 Å². The third-order valence-corrected chi connectivity index (χ3v) is 4.01. The van der Waals surface area contributed by atoms with Crippen LogP contribution in [0.5, 0.6) is 0 Å². The number of carbonyl (C=O) groups excluding carboxylic acids is 1. The van der Waals surface area contributed by atoms with Crippen LogP contribution >= 0.6 is 0 Å². The zero-order chi connectivity index (χ0) is 16.4. The summed E-state index contributed by atoms with van der Waals surface area (Å²) in [7, 11) is 0. The predicted molar refractivity (Wildman–Crippen MR) is 98.2 cm³/mol. The molecule has 0 radical (unpaired) electrons. The van der Waals surface area contributed by atoms with E-state index in [4.69, 9.17) is 0 Å². The summed E-state index contributed by atoms with van der Waals surface area (Å²) in [6.07, 6.45) is 0. The van der Waals surface area contributed by atoms with Crippen LogP contribution in [0.1, 0.15) is 0 Å². The Morgan fingerprint density at radius 2 is 1.38 bits per heavy atom. The van der Waals surface area contributed by atoms with E-state index < -0.39 is 0 Å². The molecule has 0 bridgehead atoms. The summed E-state index contributed by atoms with van der Waals surface area (Å²) >= 11 is 0. The number of carbonyl (C=O) groups is 1. The Morgan fingerprint density at radius 1 is 0.750 bits per heavy atom. The molecule has 1 aromatic heterocycles. The first kappa shape index (κ1) is 14.3. The maximum atomic E-state index is 12.9. The number of fused-ring (bicyclic) bond motifs is 1. The van der Waals surface area contributed by atoms with Crippen LogP contribution < -0.4 is 5.32 Å². The maximum Gasteiger partial charge on any atom is 0.330 e. The van der Waals surface area contributed by atoms with Crippen LogP contribution in [-0.2, 0) is 0 Å². The summed E-state index contributed by atoms with van der Waals surface area (Å²) in [5, 5.41) is 4.01. The smallest absolute Gasteiger partial charge is 0.307 e. The summed E-state index contributed by atoms with van der Waals surface area (Å²) < 4.78 is 1.73. The largest absolute Gasteiger partial charge is 0.330 e. The van der Waals surface area contributed by atoms with Gasteiger partial charge in [-0.1, -0.05) is 66.7 Å². The molecule has 1 amide bonds. The number of hydrogen-bond donors (Lipinski definition) is 1. The first-order valence-electron chi connectivity index (χ1n) is 7.85. The van der Waals surface area contributed by atoms with E-state index in [1.807, 2.05) is 84.9 Å². The van der Waals surface area contributed by atoms with Crippen LogP contribution in [-0.4, -0.2) is 10.6 Å². The molecular weight excluding hydrogens is 296 g/mol. The van der Waals surface area contributed by atoms with Crippen LogP contribution in [0.3, 0.4) is 0 Å². The third-order valence-electron chi connectivity index (χ3n) is 4.01. The summed E-state index contributed by atoms with van der Waals surface area (Å²) in [6.45, 7) is 0. The highest BCUT2D eigenvalue weighted by atomic mass is 16.2. The van der Waals surface area contributed by atoms with Crippen molar-refractivity contribution in [3.63, 3.8) is 0 Å². The first-order chi connectivity index (χ1) is 11.8. The van der Waals surface area contributed by atoms with Gasteiger partial charge >= 0.3 is 6.03 Å². The average Bonchev–Trinajstić information content (AvgIpc) is 3.03. The van der Waals surface area contributed by atoms with Gasteiger partial charge in [-0.3, -0.25) is 4.57 Å². The Morgan fingerprint density at radius 3 is 2.12 bits per heavy atom. The van der Waals surface area contributed by atoms with Crippen molar-refractivity contribution in [1.29, 1.82) is 0 Å². The van der Waals surface area contributed by atoms with Crippen molar-refractivity contribution in [3.8, 4) is 11.3 Å². The van der Waals surface area contributed by atoms with Gasteiger partial charge in [0.15, 0.2) is 0 Å². The number of rotatable bonds is 2. The maximum absolute atomic E-state index is 12.9. The molecule has 1 N–H and O–H groups in total. The Kier molecular flexibility index (Phi) is 3.60. The number of amides is 1. The molecule has 0 aliphatic heterocycles. The minimum absolute atomic E-state index is 0.166. The first-order valence-corrected chi connectivity index (χ1v) is 7.85. The van der Waals surface area contributed by atoms with Gasteiger partial charge < -0.3 is 5.32 Å². The minimum atomic E-state index is -0.166. The second-order valence-electron chi connectivity index (χ2n) is 5.59. The zero-order valence-corrected chi connectivity index (χ0v) is 13.0. The number of benzene rings is 3. The topological polar surface area (TPSA) is 34.0 Å². The highest BCUT2D eigenvalue weighted by Crippen LogP contribution is 2.28. The van der Waals surface area contributed by atoms with Crippen LogP contribution in [0.15, 0.2) is 91.0 Å². The van der Waals surface area contributed by atoms with Gasteiger partial charge in [0.2, 0.25) is 0 Å². The van der Waals surface area contributed by atoms with Crippen molar-refractivity contribution in [2.24, 2.45) is 0 Å². The average molecular weight is 312 g/mol. The van der Waals surface area contributed by atoms with Crippen molar-refractivity contribution in [2.75, 3.05) is 5.32 Å². The van der Waals surface area contributed by atoms with Crippen molar-refractivity contribution in [3.05, 3.63) is 91.0 Å². The number of hydrogen-bond acceptors (Lipinski definition) is 1. The van der Waals surface area contributed by atoms with Gasteiger partial charge in [-0.2, -0.15) is 0 Å². The monoisotopic (exact) mass is 312 g/mol. The summed E-state index contributed by atoms with van der Waals surface area (Å²) in [6, 6.07) is 29.3. The van der Waals surface area contributed by atoms with Crippen LogP contribution in [0.4, 0.5) is 10.5 Å². The lowest BCUT2D eigenvalue weighted by molar-refractivity contribution is 0.254. The SMILES string of the molecule is O=C(Nc1ccccc1)n1c(-c2ccccc2)cc2ccccc21. The minimum Gasteiger partial charge on any atom is -0.307 e. The molecular formula is C21H16N2O. The van der Waals surface area contributed by atoms with Gasteiger partial charge in [-0.25, -0.2) is 4.79 Å². The Labute approximate surface area is 140 Å². The van der Waals surface area contributed by atoms with Crippen molar-refractivity contribution >= 4 is 22.6 Å². The lowest BCUT2D eigenvalue weighted by atomic mass is 10.1. The summed E-state index contributed by atoms with van der Waals surface area (Å²) in [4.78, 5) is 12.9. The van der Waals surface area contributed by atoms with Crippen molar-refractivity contribution < 1.29 is 4.79 Å². The second kappa shape index (κ2) is 6.05. The Balaban J connectivity index is 1.85. The predicted octanol–water partition coefficient (Wildman–Crippen LogP) is 5.39. The van der Waals surface area contributed by atoms with Gasteiger partial charge in [0.1, 0.15) is 0 Å². The number of aromatic nitrogens is 1. The molecule has 0 saturated carbocycles. The van der Waals surface area contributed by atoms with Crippen LogP contribution in [0, 0.1) is 0 Å². The molecule has 0 unspecified atom stereocenters.